The Hall–Kier alpha value is -2.01. The zero-order valence-corrected chi connectivity index (χ0v) is 13.7. The van der Waals surface area contributed by atoms with E-state index in [1.807, 2.05) is 37.3 Å². The summed E-state index contributed by atoms with van der Waals surface area (Å²) < 4.78 is 5.79. The molecule has 1 aliphatic carbocycles. The number of aliphatic hydroxyl groups is 1. The molecule has 0 radical (unpaired) electrons. The Bertz CT molecular complexity index is 649. The summed E-state index contributed by atoms with van der Waals surface area (Å²) in [6.07, 6.45) is 2.59. The van der Waals surface area contributed by atoms with Crippen LogP contribution in [0.1, 0.15) is 38.0 Å². The molecule has 23 heavy (non-hydrogen) atoms. The number of urea groups is 1. The van der Waals surface area contributed by atoms with Gasteiger partial charge in [-0.25, -0.2) is 4.79 Å². The fraction of sp³-hybridized carbons (Fsp3) is 0.500. The van der Waals surface area contributed by atoms with E-state index in [0.29, 0.717) is 6.54 Å². The molecule has 1 fully saturated rings. The highest BCUT2D eigenvalue weighted by molar-refractivity contribution is 5.78. The topological polar surface area (TPSA) is 65.7 Å². The van der Waals surface area contributed by atoms with Crippen LogP contribution in [0.5, 0.6) is 0 Å². The second-order valence-corrected chi connectivity index (χ2v) is 6.50. The van der Waals surface area contributed by atoms with Crippen LogP contribution in [0.3, 0.4) is 0 Å². The molecule has 0 saturated heterocycles. The number of fused-ring (bicyclic) bond motifs is 1. The molecule has 1 aromatic carbocycles. The van der Waals surface area contributed by atoms with E-state index in [0.717, 1.165) is 36.0 Å². The van der Waals surface area contributed by atoms with Crippen molar-refractivity contribution in [2.24, 2.45) is 5.92 Å². The Balaban J connectivity index is 1.60. The summed E-state index contributed by atoms with van der Waals surface area (Å²) in [5.41, 5.74) is 0.825. The van der Waals surface area contributed by atoms with Gasteiger partial charge >= 0.3 is 6.03 Å². The van der Waals surface area contributed by atoms with Crippen LogP contribution in [0, 0.1) is 5.92 Å². The number of nitrogens with zero attached hydrogens (tertiary/aromatic N) is 1. The minimum atomic E-state index is -0.280. The highest BCUT2D eigenvalue weighted by atomic mass is 16.3. The second-order valence-electron chi connectivity index (χ2n) is 6.50. The first kappa shape index (κ1) is 15.9. The molecule has 3 unspecified atom stereocenters. The first-order valence-corrected chi connectivity index (χ1v) is 8.23. The summed E-state index contributed by atoms with van der Waals surface area (Å²) in [6, 6.07) is 9.42. The number of carbonyl (C=O) groups is 1. The van der Waals surface area contributed by atoms with Crippen molar-refractivity contribution in [1.29, 1.82) is 0 Å². The van der Waals surface area contributed by atoms with E-state index in [2.05, 4.69) is 5.32 Å². The molecule has 2 amide bonds. The highest BCUT2D eigenvalue weighted by Gasteiger charge is 2.28. The molecular formula is C18H24N2O3. The molecule has 0 bridgehead atoms. The van der Waals surface area contributed by atoms with E-state index in [-0.39, 0.29) is 24.1 Å². The molecule has 1 aliphatic rings. The molecule has 0 aliphatic heterocycles. The number of benzene rings is 1. The van der Waals surface area contributed by atoms with Crippen LogP contribution in [-0.2, 0) is 0 Å². The molecular weight excluding hydrogens is 292 g/mol. The Morgan fingerprint density at radius 2 is 2.22 bits per heavy atom. The van der Waals surface area contributed by atoms with Crippen molar-refractivity contribution in [1.82, 2.24) is 10.2 Å². The fourth-order valence-electron chi connectivity index (χ4n) is 3.25. The molecule has 2 aromatic rings. The van der Waals surface area contributed by atoms with Crippen LogP contribution in [0.25, 0.3) is 11.0 Å². The number of para-hydroxylation sites is 1. The normalized spacial score (nSPS) is 22.2. The number of furan rings is 1. The third kappa shape index (κ3) is 3.50. The summed E-state index contributed by atoms with van der Waals surface area (Å²) >= 11 is 0. The fourth-order valence-corrected chi connectivity index (χ4v) is 3.25. The van der Waals surface area contributed by atoms with Gasteiger partial charge in [-0.15, -0.1) is 0 Å². The van der Waals surface area contributed by atoms with Crippen LogP contribution in [0.15, 0.2) is 34.7 Å². The average Bonchev–Trinajstić information content (AvgIpc) is 3.13. The van der Waals surface area contributed by atoms with Gasteiger partial charge in [0.1, 0.15) is 11.3 Å². The first-order chi connectivity index (χ1) is 11.0. The number of hydrogen-bond donors (Lipinski definition) is 2. The number of aliphatic hydroxyl groups excluding tert-OH is 1. The van der Waals surface area contributed by atoms with Crippen molar-refractivity contribution in [2.75, 3.05) is 13.6 Å². The SMILES string of the molecule is CC(NC(=O)N(C)CC1CCCC1O)c1cc2ccccc2o1. The van der Waals surface area contributed by atoms with E-state index in [1.165, 1.54) is 0 Å². The van der Waals surface area contributed by atoms with Crippen molar-refractivity contribution in [3.05, 3.63) is 36.1 Å². The lowest BCUT2D eigenvalue weighted by molar-refractivity contribution is 0.113. The molecule has 5 nitrogen and oxygen atoms in total. The lowest BCUT2D eigenvalue weighted by atomic mass is 10.1. The van der Waals surface area contributed by atoms with Gasteiger partial charge in [0.05, 0.1) is 12.1 Å². The van der Waals surface area contributed by atoms with Gasteiger partial charge in [-0.2, -0.15) is 0 Å². The maximum Gasteiger partial charge on any atom is 0.317 e. The Labute approximate surface area is 136 Å². The lowest BCUT2D eigenvalue weighted by Gasteiger charge is -2.24. The van der Waals surface area contributed by atoms with Gasteiger partial charge in [-0.1, -0.05) is 24.6 Å². The average molecular weight is 316 g/mol. The van der Waals surface area contributed by atoms with Crippen LogP contribution in [0.4, 0.5) is 4.79 Å². The van der Waals surface area contributed by atoms with Gasteiger partial charge in [0.2, 0.25) is 0 Å². The molecule has 2 N–H and O–H groups in total. The van der Waals surface area contributed by atoms with Crippen molar-refractivity contribution in [3.63, 3.8) is 0 Å². The molecule has 3 rings (SSSR count). The molecule has 1 aromatic heterocycles. The van der Waals surface area contributed by atoms with Gasteiger partial charge in [0, 0.05) is 24.9 Å². The van der Waals surface area contributed by atoms with Gasteiger partial charge in [-0.05, 0) is 31.9 Å². The molecule has 0 spiro atoms. The molecule has 124 valence electrons. The van der Waals surface area contributed by atoms with E-state index < -0.39 is 0 Å². The Morgan fingerprint density at radius 1 is 1.43 bits per heavy atom. The summed E-state index contributed by atoms with van der Waals surface area (Å²) in [5.74, 6) is 0.932. The molecule has 3 atom stereocenters. The number of rotatable bonds is 4. The molecule has 1 saturated carbocycles. The van der Waals surface area contributed by atoms with E-state index in [4.69, 9.17) is 4.42 Å². The number of hydrogen-bond acceptors (Lipinski definition) is 3. The van der Waals surface area contributed by atoms with Gasteiger partial charge in [0.25, 0.3) is 0 Å². The summed E-state index contributed by atoms with van der Waals surface area (Å²) in [7, 11) is 1.77. The number of carbonyl (C=O) groups excluding carboxylic acids is 1. The number of nitrogens with one attached hydrogen (secondary N) is 1. The highest BCUT2D eigenvalue weighted by Crippen LogP contribution is 2.26. The monoisotopic (exact) mass is 316 g/mol. The Kier molecular flexibility index (Phi) is 4.57. The van der Waals surface area contributed by atoms with E-state index in [1.54, 1.807) is 11.9 Å². The zero-order valence-electron chi connectivity index (χ0n) is 13.7. The van der Waals surface area contributed by atoms with Gasteiger partial charge in [0.15, 0.2) is 0 Å². The standard InChI is InChI=1S/C18H24N2O3/c1-12(17-10-13-6-3-4-9-16(13)23-17)19-18(22)20(2)11-14-7-5-8-15(14)21/h3-4,6,9-10,12,14-15,21H,5,7-8,11H2,1-2H3,(H,19,22). The van der Waals surface area contributed by atoms with Crippen LogP contribution in [0.2, 0.25) is 0 Å². The third-order valence-electron chi connectivity index (χ3n) is 4.69. The maximum atomic E-state index is 12.3. The summed E-state index contributed by atoms with van der Waals surface area (Å²) in [4.78, 5) is 14.0. The van der Waals surface area contributed by atoms with Crippen molar-refractivity contribution >= 4 is 17.0 Å². The predicted molar refractivity (Wildman–Crippen MR) is 89.1 cm³/mol. The van der Waals surface area contributed by atoms with E-state index >= 15 is 0 Å². The first-order valence-electron chi connectivity index (χ1n) is 8.23. The van der Waals surface area contributed by atoms with Crippen molar-refractivity contribution in [3.8, 4) is 0 Å². The quantitative estimate of drug-likeness (QED) is 0.909. The Morgan fingerprint density at radius 3 is 2.91 bits per heavy atom. The summed E-state index contributed by atoms with van der Waals surface area (Å²) in [5, 5.41) is 13.9. The van der Waals surface area contributed by atoms with Crippen LogP contribution in [-0.4, -0.2) is 35.7 Å². The largest absolute Gasteiger partial charge is 0.459 e. The minimum absolute atomic E-state index is 0.142. The smallest absolute Gasteiger partial charge is 0.317 e. The maximum absolute atomic E-state index is 12.3. The van der Waals surface area contributed by atoms with Gasteiger partial charge < -0.3 is 19.7 Å². The van der Waals surface area contributed by atoms with E-state index in [9.17, 15) is 9.90 Å². The molecule has 5 heteroatoms. The minimum Gasteiger partial charge on any atom is -0.459 e. The van der Waals surface area contributed by atoms with Gasteiger partial charge in [-0.3, -0.25) is 0 Å². The lowest BCUT2D eigenvalue weighted by Crippen LogP contribution is -2.42. The third-order valence-corrected chi connectivity index (χ3v) is 4.69. The van der Waals surface area contributed by atoms with Crippen molar-refractivity contribution < 1.29 is 14.3 Å². The second kappa shape index (κ2) is 6.62. The van der Waals surface area contributed by atoms with Crippen LogP contribution >= 0.6 is 0 Å². The van der Waals surface area contributed by atoms with Crippen molar-refractivity contribution in [2.45, 2.75) is 38.3 Å². The number of amides is 2. The van der Waals surface area contributed by atoms with Crippen LogP contribution < -0.4 is 5.32 Å². The zero-order chi connectivity index (χ0) is 16.4. The molecule has 1 heterocycles. The summed E-state index contributed by atoms with van der Waals surface area (Å²) in [6.45, 7) is 2.49. The predicted octanol–water partition coefficient (Wildman–Crippen LogP) is 3.30.